The smallest absolute Gasteiger partial charge is 0.263 e. The second kappa shape index (κ2) is 8.03. The van der Waals surface area contributed by atoms with Gasteiger partial charge in [0.05, 0.1) is 4.90 Å². The highest BCUT2D eigenvalue weighted by Gasteiger charge is 2.16. The van der Waals surface area contributed by atoms with E-state index in [4.69, 9.17) is 0 Å². The van der Waals surface area contributed by atoms with Gasteiger partial charge in [0.2, 0.25) is 0 Å². The molecule has 1 heterocycles. The van der Waals surface area contributed by atoms with Crippen molar-refractivity contribution in [3.8, 4) is 0 Å². The Morgan fingerprint density at radius 2 is 1.54 bits per heavy atom. The predicted octanol–water partition coefficient (Wildman–Crippen LogP) is 4.03. The van der Waals surface area contributed by atoms with Crippen LogP contribution < -0.4 is 10.0 Å². The van der Waals surface area contributed by atoms with E-state index in [0.717, 1.165) is 24.0 Å². The van der Waals surface area contributed by atoms with Crippen LogP contribution in [0.4, 0.5) is 11.6 Å². The minimum Gasteiger partial charge on any atom is -0.366 e. The molecule has 7 heteroatoms. The largest absolute Gasteiger partial charge is 0.366 e. The lowest BCUT2D eigenvalue weighted by Gasteiger charge is -2.16. The van der Waals surface area contributed by atoms with Gasteiger partial charge in [-0.15, -0.1) is 10.2 Å². The van der Waals surface area contributed by atoms with E-state index in [1.165, 1.54) is 25.7 Å². The van der Waals surface area contributed by atoms with Crippen LogP contribution in [0.1, 0.15) is 49.7 Å². The highest BCUT2D eigenvalue weighted by molar-refractivity contribution is 7.92. The normalized spacial score (nSPS) is 16.1. The first-order valence-electron chi connectivity index (χ1n) is 9.14. The molecule has 6 nitrogen and oxygen atoms in total. The van der Waals surface area contributed by atoms with Crippen LogP contribution in [0.5, 0.6) is 0 Å². The average molecular weight is 375 g/mol. The van der Waals surface area contributed by atoms with Crippen molar-refractivity contribution in [2.75, 3.05) is 10.0 Å². The summed E-state index contributed by atoms with van der Waals surface area (Å²) >= 11 is 0. The number of anilines is 2. The Hall–Kier alpha value is -2.15. The van der Waals surface area contributed by atoms with Crippen molar-refractivity contribution in [2.45, 2.75) is 63.3 Å². The van der Waals surface area contributed by atoms with E-state index < -0.39 is 10.0 Å². The molecule has 0 spiro atoms. The molecule has 1 fully saturated rings. The fourth-order valence-corrected chi connectivity index (χ4v) is 4.26. The zero-order valence-electron chi connectivity index (χ0n) is 15.3. The Bertz CT molecular complexity index is 842. The molecule has 2 aromatic rings. The van der Waals surface area contributed by atoms with E-state index >= 15 is 0 Å². The molecule has 0 unspecified atom stereocenters. The quantitative estimate of drug-likeness (QED) is 0.772. The van der Waals surface area contributed by atoms with Gasteiger partial charge < -0.3 is 5.32 Å². The van der Waals surface area contributed by atoms with Gasteiger partial charge in [-0.3, -0.25) is 4.72 Å². The highest BCUT2D eigenvalue weighted by atomic mass is 32.2. The molecule has 0 atom stereocenters. The van der Waals surface area contributed by atoms with Crippen LogP contribution in [0.15, 0.2) is 35.2 Å². The molecule has 0 bridgehead atoms. The van der Waals surface area contributed by atoms with Crippen molar-refractivity contribution in [3.05, 3.63) is 41.5 Å². The Kier molecular flexibility index (Phi) is 5.76. The van der Waals surface area contributed by atoms with E-state index in [1.807, 2.05) is 13.8 Å². The van der Waals surface area contributed by atoms with Crippen LogP contribution in [-0.2, 0) is 10.0 Å². The van der Waals surface area contributed by atoms with E-state index in [-0.39, 0.29) is 10.7 Å². The third-order valence-electron chi connectivity index (χ3n) is 4.90. The summed E-state index contributed by atoms with van der Waals surface area (Å²) in [7, 11) is -3.67. The summed E-state index contributed by atoms with van der Waals surface area (Å²) in [5.74, 6) is 0.903. The number of nitrogens with zero attached hydrogens (tertiary/aromatic N) is 2. The summed E-state index contributed by atoms with van der Waals surface area (Å²) in [4.78, 5) is 0.225. The standard InChI is InChI=1S/C19H26N4O2S/c1-14-9-10-17(13-15(14)2)26(24,25)23-19-12-11-18(21-22-19)20-16-7-5-3-4-6-8-16/h9-13,16H,3-8H2,1-2H3,(H,20,21)(H,22,23). The highest BCUT2D eigenvalue weighted by Crippen LogP contribution is 2.21. The predicted molar refractivity (Wildman–Crippen MR) is 104 cm³/mol. The molecule has 1 saturated carbocycles. The molecule has 1 aromatic carbocycles. The summed E-state index contributed by atoms with van der Waals surface area (Å²) in [5, 5.41) is 11.5. The van der Waals surface area contributed by atoms with E-state index in [2.05, 4.69) is 20.2 Å². The Morgan fingerprint density at radius 3 is 2.15 bits per heavy atom. The minimum absolute atomic E-state index is 0.217. The first kappa shape index (κ1) is 18.6. The Labute approximate surface area is 155 Å². The molecule has 140 valence electrons. The molecule has 1 aromatic heterocycles. The monoisotopic (exact) mass is 374 g/mol. The summed E-state index contributed by atoms with van der Waals surface area (Å²) in [5.41, 5.74) is 1.99. The zero-order chi connectivity index (χ0) is 18.6. The fourth-order valence-electron chi connectivity index (χ4n) is 3.17. The minimum atomic E-state index is -3.67. The van der Waals surface area contributed by atoms with Crippen molar-refractivity contribution in [2.24, 2.45) is 0 Å². The van der Waals surface area contributed by atoms with Crippen molar-refractivity contribution in [1.29, 1.82) is 0 Å². The Morgan fingerprint density at radius 1 is 0.885 bits per heavy atom. The summed E-state index contributed by atoms with van der Waals surface area (Å²) in [6.07, 6.45) is 7.34. The van der Waals surface area contributed by atoms with Crippen molar-refractivity contribution < 1.29 is 8.42 Å². The third-order valence-corrected chi connectivity index (χ3v) is 6.25. The van der Waals surface area contributed by atoms with Gasteiger partial charge in [-0.05, 0) is 62.1 Å². The molecule has 1 aliphatic carbocycles. The van der Waals surface area contributed by atoms with Crippen LogP contribution in [0, 0.1) is 13.8 Å². The van der Waals surface area contributed by atoms with Crippen molar-refractivity contribution in [3.63, 3.8) is 0 Å². The lowest BCUT2D eigenvalue weighted by atomic mass is 10.1. The van der Waals surface area contributed by atoms with Gasteiger partial charge in [-0.2, -0.15) is 0 Å². The van der Waals surface area contributed by atoms with Crippen molar-refractivity contribution in [1.82, 2.24) is 10.2 Å². The second-order valence-electron chi connectivity index (χ2n) is 6.99. The van der Waals surface area contributed by atoms with Crippen molar-refractivity contribution >= 4 is 21.7 Å². The van der Waals surface area contributed by atoms with Gasteiger partial charge >= 0.3 is 0 Å². The molecule has 26 heavy (non-hydrogen) atoms. The Balaban J connectivity index is 1.67. The SMILES string of the molecule is Cc1ccc(S(=O)(=O)Nc2ccc(NC3CCCCCC3)nn2)cc1C. The fraction of sp³-hybridized carbons (Fsp3) is 0.474. The second-order valence-corrected chi connectivity index (χ2v) is 8.67. The lowest BCUT2D eigenvalue weighted by Crippen LogP contribution is -2.20. The van der Waals surface area contributed by atoms with E-state index in [0.29, 0.717) is 11.9 Å². The molecular formula is C19H26N4O2S. The topological polar surface area (TPSA) is 84.0 Å². The first-order chi connectivity index (χ1) is 12.4. The van der Waals surface area contributed by atoms with Crippen LogP contribution in [-0.4, -0.2) is 24.7 Å². The van der Waals surface area contributed by atoms with E-state index in [1.54, 1.807) is 30.3 Å². The lowest BCUT2D eigenvalue weighted by molar-refractivity contribution is 0.600. The number of rotatable bonds is 5. The number of nitrogens with one attached hydrogen (secondary N) is 2. The summed E-state index contributed by atoms with van der Waals surface area (Å²) in [6, 6.07) is 8.90. The van der Waals surface area contributed by atoms with Crippen LogP contribution in [0.2, 0.25) is 0 Å². The number of hydrogen-bond acceptors (Lipinski definition) is 5. The molecule has 3 rings (SSSR count). The maximum atomic E-state index is 12.5. The maximum Gasteiger partial charge on any atom is 0.263 e. The van der Waals surface area contributed by atoms with Crippen LogP contribution in [0.25, 0.3) is 0 Å². The summed E-state index contributed by atoms with van der Waals surface area (Å²) < 4.78 is 27.5. The average Bonchev–Trinajstić information content (AvgIpc) is 2.87. The van der Waals surface area contributed by atoms with Crippen LogP contribution >= 0.6 is 0 Å². The van der Waals surface area contributed by atoms with Gasteiger partial charge in [-0.25, -0.2) is 8.42 Å². The molecule has 0 aliphatic heterocycles. The number of aryl methyl sites for hydroxylation is 2. The number of sulfonamides is 1. The molecule has 0 radical (unpaired) electrons. The van der Waals surface area contributed by atoms with E-state index in [9.17, 15) is 8.42 Å². The summed E-state index contributed by atoms with van der Waals surface area (Å²) in [6.45, 7) is 3.84. The molecular weight excluding hydrogens is 348 g/mol. The number of benzene rings is 1. The zero-order valence-corrected chi connectivity index (χ0v) is 16.1. The molecule has 0 amide bonds. The van der Waals surface area contributed by atoms with Gasteiger partial charge in [-0.1, -0.05) is 31.7 Å². The van der Waals surface area contributed by atoms with Gasteiger partial charge in [0.15, 0.2) is 5.82 Å². The molecule has 0 saturated heterocycles. The van der Waals surface area contributed by atoms with Crippen LogP contribution in [0.3, 0.4) is 0 Å². The number of hydrogen-bond donors (Lipinski definition) is 2. The molecule has 1 aliphatic rings. The third kappa shape index (κ3) is 4.72. The number of aromatic nitrogens is 2. The van der Waals surface area contributed by atoms with Gasteiger partial charge in [0.1, 0.15) is 5.82 Å². The maximum absolute atomic E-state index is 12.5. The van der Waals surface area contributed by atoms with Gasteiger partial charge in [0.25, 0.3) is 10.0 Å². The molecule has 2 N–H and O–H groups in total. The first-order valence-corrected chi connectivity index (χ1v) is 10.6. The van der Waals surface area contributed by atoms with Gasteiger partial charge in [0, 0.05) is 6.04 Å².